The van der Waals surface area contributed by atoms with E-state index in [1.54, 1.807) is 0 Å². The highest BCUT2D eigenvalue weighted by Crippen LogP contribution is 2.33. The highest BCUT2D eigenvalue weighted by atomic mass is 15.1. The zero-order valence-corrected chi connectivity index (χ0v) is 12.3. The fourth-order valence-electron chi connectivity index (χ4n) is 3.30. The van der Waals surface area contributed by atoms with Crippen molar-refractivity contribution in [2.45, 2.75) is 6.42 Å². The Hall–Kier alpha value is -3.21. The summed E-state index contributed by atoms with van der Waals surface area (Å²) in [7, 11) is 0. The van der Waals surface area contributed by atoms with Gasteiger partial charge in [-0.2, -0.15) is 0 Å². The topological polar surface area (TPSA) is 69.6 Å². The van der Waals surface area contributed by atoms with E-state index in [1.165, 1.54) is 6.33 Å². The van der Waals surface area contributed by atoms with Crippen molar-refractivity contribution in [2.75, 3.05) is 5.73 Å². The Morgan fingerprint density at radius 2 is 2.00 bits per heavy atom. The smallest absolute Gasteiger partial charge is 0.151 e. The predicted octanol–water partition coefficient (Wildman–Crippen LogP) is 3.12. The minimum absolute atomic E-state index is 0.474. The van der Waals surface area contributed by atoms with Gasteiger partial charge < -0.3 is 10.3 Å². The monoisotopic (exact) mass is 299 g/mol. The van der Waals surface area contributed by atoms with Crippen LogP contribution in [0.3, 0.4) is 0 Å². The molecule has 1 aliphatic rings. The highest BCUT2D eigenvalue weighted by Gasteiger charge is 2.17. The second-order valence-corrected chi connectivity index (χ2v) is 5.64. The maximum Gasteiger partial charge on any atom is 0.151 e. The molecule has 110 valence electrons. The van der Waals surface area contributed by atoms with E-state index in [2.05, 4.69) is 49.9 Å². The van der Waals surface area contributed by atoms with Crippen molar-refractivity contribution in [3.8, 4) is 5.69 Å². The molecule has 1 aromatic carbocycles. The molecule has 0 unspecified atom stereocenters. The second kappa shape index (κ2) is 4.39. The summed E-state index contributed by atoms with van der Waals surface area (Å²) < 4.78 is 2.10. The molecule has 1 aliphatic carbocycles. The Labute approximate surface area is 132 Å². The van der Waals surface area contributed by atoms with Gasteiger partial charge in [-0.05, 0) is 17.7 Å². The van der Waals surface area contributed by atoms with Crippen LogP contribution >= 0.6 is 0 Å². The van der Waals surface area contributed by atoms with Gasteiger partial charge in [0.05, 0.1) is 23.1 Å². The number of rotatable bonds is 1. The van der Waals surface area contributed by atoms with Crippen LogP contribution < -0.4 is 5.73 Å². The molecule has 23 heavy (non-hydrogen) atoms. The third-order valence-corrected chi connectivity index (χ3v) is 4.33. The fourth-order valence-corrected chi connectivity index (χ4v) is 3.30. The summed E-state index contributed by atoms with van der Waals surface area (Å²) in [5, 5.41) is 1.06. The number of aromatic nitrogens is 4. The first kappa shape index (κ1) is 12.3. The molecule has 0 aliphatic heterocycles. The van der Waals surface area contributed by atoms with Gasteiger partial charge in [0, 0.05) is 11.8 Å². The van der Waals surface area contributed by atoms with E-state index in [0.717, 1.165) is 45.3 Å². The number of hydrogen-bond donors (Lipinski definition) is 1. The van der Waals surface area contributed by atoms with Crippen molar-refractivity contribution in [2.24, 2.45) is 0 Å². The average molecular weight is 299 g/mol. The Morgan fingerprint density at radius 3 is 2.96 bits per heavy atom. The minimum Gasteiger partial charge on any atom is -0.382 e. The molecular formula is C18H13N5. The molecule has 5 rings (SSSR count). The third-order valence-electron chi connectivity index (χ3n) is 4.33. The summed E-state index contributed by atoms with van der Waals surface area (Å²) in [6.45, 7) is 0. The summed E-state index contributed by atoms with van der Waals surface area (Å²) in [5.41, 5.74) is 12.2. The standard InChI is InChI=1S/C18H13N5/c19-18-17-16(21-10-22-18)13-5-1-2-7-15(13)23(17)12-8-11-4-3-6-14(11)20-9-12/h1-5,7-10H,6H2,(H2,19,21,22). The van der Waals surface area contributed by atoms with Crippen molar-refractivity contribution < 1.29 is 0 Å². The average Bonchev–Trinajstić information content (AvgIpc) is 3.17. The van der Waals surface area contributed by atoms with Crippen LogP contribution in [0.4, 0.5) is 5.82 Å². The maximum atomic E-state index is 6.16. The van der Waals surface area contributed by atoms with Gasteiger partial charge in [-0.15, -0.1) is 0 Å². The molecule has 4 aromatic rings. The number of nitrogens with two attached hydrogens (primary N) is 1. The molecule has 0 saturated carbocycles. The molecule has 0 saturated heterocycles. The van der Waals surface area contributed by atoms with Crippen LogP contribution in [0.15, 0.2) is 48.9 Å². The van der Waals surface area contributed by atoms with Crippen LogP contribution in [0.1, 0.15) is 11.3 Å². The van der Waals surface area contributed by atoms with E-state index < -0.39 is 0 Å². The number of nitrogen functional groups attached to an aromatic ring is 1. The quantitative estimate of drug-likeness (QED) is 0.586. The number of benzene rings is 1. The molecule has 2 N–H and O–H groups in total. The molecule has 0 spiro atoms. The van der Waals surface area contributed by atoms with Crippen molar-refractivity contribution in [1.82, 2.24) is 19.5 Å². The number of hydrogen-bond acceptors (Lipinski definition) is 4. The van der Waals surface area contributed by atoms with E-state index in [4.69, 9.17) is 5.73 Å². The number of allylic oxidation sites excluding steroid dienone is 1. The van der Waals surface area contributed by atoms with Crippen molar-refractivity contribution in [3.05, 3.63) is 60.2 Å². The van der Waals surface area contributed by atoms with Gasteiger partial charge in [0.25, 0.3) is 0 Å². The Morgan fingerprint density at radius 1 is 1.09 bits per heavy atom. The van der Waals surface area contributed by atoms with E-state index in [-0.39, 0.29) is 0 Å². The fraction of sp³-hybridized carbons (Fsp3) is 0.0556. The number of fused-ring (bicyclic) bond motifs is 4. The Kier molecular flexibility index (Phi) is 2.36. The normalized spacial score (nSPS) is 13.0. The maximum absolute atomic E-state index is 6.16. The minimum atomic E-state index is 0.474. The van der Waals surface area contributed by atoms with E-state index in [1.807, 2.05) is 18.3 Å². The summed E-state index contributed by atoms with van der Waals surface area (Å²) >= 11 is 0. The Bertz CT molecular complexity index is 1110. The number of nitrogens with zero attached hydrogens (tertiary/aromatic N) is 4. The zero-order valence-electron chi connectivity index (χ0n) is 12.3. The van der Waals surface area contributed by atoms with Crippen LogP contribution in [-0.4, -0.2) is 19.5 Å². The highest BCUT2D eigenvalue weighted by molar-refractivity contribution is 6.09. The predicted molar refractivity (Wildman–Crippen MR) is 91.3 cm³/mol. The largest absolute Gasteiger partial charge is 0.382 e. The van der Waals surface area contributed by atoms with Crippen LogP contribution in [0, 0.1) is 0 Å². The molecule has 3 aromatic heterocycles. The van der Waals surface area contributed by atoms with E-state index in [0.29, 0.717) is 5.82 Å². The van der Waals surface area contributed by atoms with Gasteiger partial charge in [-0.25, -0.2) is 9.97 Å². The first-order valence-electron chi connectivity index (χ1n) is 7.48. The van der Waals surface area contributed by atoms with Crippen LogP contribution in [0.25, 0.3) is 33.7 Å². The van der Waals surface area contributed by atoms with Crippen molar-refractivity contribution in [1.29, 1.82) is 0 Å². The lowest BCUT2D eigenvalue weighted by atomic mass is 10.2. The van der Waals surface area contributed by atoms with Crippen LogP contribution in [0.2, 0.25) is 0 Å². The van der Waals surface area contributed by atoms with Gasteiger partial charge in [0.2, 0.25) is 0 Å². The molecule has 0 amide bonds. The van der Waals surface area contributed by atoms with Gasteiger partial charge >= 0.3 is 0 Å². The molecule has 0 atom stereocenters. The number of para-hydroxylation sites is 1. The number of anilines is 1. The van der Waals surface area contributed by atoms with Crippen LogP contribution in [0.5, 0.6) is 0 Å². The summed E-state index contributed by atoms with van der Waals surface area (Å²) in [6.07, 6.45) is 8.54. The van der Waals surface area contributed by atoms with E-state index in [9.17, 15) is 0 Å². The van der Waals surface area contributed by atoms with Crippen molar-refractivity contribution >= 4 is 33.8 Å². The lowest BCUT2D eigenvalue weighted by Gasteiger charge is -2.09. The summed E-state index contributed by atoms with van der Waals surface area (Å²) in [4.78, 5) is 13.2. The summed E-state index contributed by atoms with van der Waals surface area (Å²) in [6, 6.07) is 10.3. The van der Waals surface area contributed by atoms with Gasteiger partial charge in [0.15, 0.2) is 5.82 Å². The third kappa shape index (κ3) is 1.64. The molecule has 5 heteroatoms. The van der Waals surface area contributed by atoms with Gasteiger partial charge in [0.1, 0.15) is 17.4 Å². The second-order valence-electron chi connectivity index (χ2n) is 5.64. The molecule has 0 fully saturated rings. The van der Waals surface area contributed by atoms with Gasteiger partial charge in [-0.3, -0.25) is 4.98 Å². The van der Waals surface area contributed by atoms with Gasteiger partial charge in [-0.1, -0.05) is 30.4 Å². The first-order chi connectivity index (χ1) is 11.3. The van der Waals surface area contributed by atoms with Crippen molar-refractivity contribution in [3.63, 3.8) is 0 Å². The molecule has 3 heterocycles. The van der Waals surface area contributed by atoms with E-state index >= 15 is 0 Å². The molecular weight excluding hydrogens is 286 g/mol. The molecule has 0 bridgehead atoms. The zero-order chi connectivity index (χ0) is 15.4. The number of pyridine rings is 1. The lowest BCUT2D eigenvalue weighted by Crippen LogP contribution is -2.01. The molecule has 0 radical (unpaired) electrons. The lowest BCUT2D eigenvalue weighted by molar-refractivity contribution is 1.07. The van der Waals surface area contributed by atoms with Crippen LogP contribution in [-0.2, 0) is 6.42 Å². The first-order valence-corrected chi connectivity index (χ1v) is 7.48. The molecule has 5 nitrogen and oxygen atoms in total. The SMILES string of the molecule is Nc1ncnc2c3ccccc3n(-c3cnc4c(c3)C=CC4)c12. The summed E-state index contributed by atoms with van der Waals surface area (Å²) in [5.74, 6) is 0.474. The Balaban J connectivity index is 1.95.